The Morgan fingerprint density at radius 1 is 1.29 bits per heavy atom. The molecular formula is C14H15FO2. The summed E-state index contributed by atoms with van der Waals surface area (Å²) in [6, 6.07) is 7.95. The van der Waals surface area contributed by atoms with Crippen molar-refractivity contribution in [3.05, 3.63) is 35.4 Å². The molecule has 0 aromatic heterocycles. The van der Waals surface area contributed by atoms with Gasteiger partial charge in [0.05, 0.1) is 5.41 Å². The first kappa shape index (κ1) is 10.8. The molecule has 1 aromatic carbocycles. The Hall–Kier alpha value is -1.38. The number of hydrogen-bond acceptors (Lipinski definition) is 2. The molecule has 0 amide bonds. The fourth-order valence-corrected chi connectivity index (χ4v) is 3.05. The van der Waals surface area contributed by atoms with Gasteiger partial charge in [0.15, 0.2) is 0 Å². The summed E-state index contributed by atoms with van der Waals surface area (Å²) in [4.78, 5) is 12.0. The van der Waals surface area contributed by atoms with Gasteiger partial charge in [-0.25, -0.2) is 0 Å². The van der Waals surface area contributed by atoms with Gasteiger partial charge in [-0.15, -0.1) is 0 Å². The minimum Gasteiger partial charge on any atom is -0.428 e. The lowest BCUT2D eigenvalue weighted by Crippen LogP contribution is -2.27. The molecule has 3 rings (SSSR count). The third-order valence-corrected chi connectivity index (χ3v) is 4.02. The van der Waals surface area contributed by atoms with Gasteiger partial charge < -0.3 is 4.74 Å². The lowest BCUT2D eigenvalue weighted by Gasteiger charge is -2.18. The van der Waals surface area contributed by atoms with E-state index in [-0.39, 0.29) is 18.8 Å². The van der Waals surface area contributed by atoms with Crippen molar-refractivity contribution in [3.63, 3.8) is 0 Å². The number of rotatable bonds is 1. The van der Waals surface area contributed by atoms with Gasteiger partial charge in [0.1, 0.15) is 0 Å². The fraction of sp³-hybridized carbons (Fsp3) is 0.500. The SMILES string of the molecule is CCC1(F)CC2(Cc3ccccc3C2)C(=O)O1. The third kappa shape index (κ3) is 1.48. The van der Waals surface area contributed by atoms with Crippen LogP contribution in [0.5, 0.6) is 0 Å². The van der Waals surface area contributed by atoms with E-state index >= 15 is 0 Å². The van der Waals surface area contributed by atoms with E-state index in [1.165, 1.54) is 0 Å². The number of carbonyl (C=O) groups is 1. The van der Waals surface area contributed by atoms with E-state index in [4.69, 9.17) is 4.74 Å². The summed E-state index contributed by atoms with van der Waals surface area (Å²) in [6.07, 6.45) is 1.67. The maximum Gasteiger partial charge on any atom is 0.315 e. The van der Waals surface area contributed by atoms with Crippen molar-refractivity contribution in [1.82, 2.24) is 0 Å². The number of hydrogen-bond donors (Lipinski definition) is 0. The molecule has 2 aliphatic rings. The maximum absolute atomic E-state index is 14.2. The van der Waals surface area contributed by atoms with Crippen LogP contribution in [0.4, 0.5) is 4.39 Å². The highest BCUT2D eigenvalue weighted by atomic mass is 19.2. The van der Waals surface area contributed by atoms with E-state index in [9.17, 15) is 9.18 Å². The summed E-state index contributed by atoms with van der Waals surface area (Å²) in [5.74, 6) is -2.11. The van der Waals surface area contributed by atoms with Crippen LogP contribution in [0.1, 0.15) is 30.9 Å². The van der Waals surface area contributed by atoms with E-state index in [1.807, 2.05) is 24.3 Å². The number of cyclic esters (lactones) is 1. The molecule has 1 fully saturated rings. The Labute approximate surface area is 99.8 Å². The molecule has 0 saturated carbocycles. The normalized spacial score (nSPS) is 29.4. The first-order valence-electron chi connectivity index (χ1n) is 6.06. The number of halogens is 1. The van der Waals surface area contributed by atoms with Gasteiger partial charge >= 0.3 is 5.97 Å². The van der Waals surface area contributed by atoms with Gasteiger partial charge in [-0.2, -0.15) is 4.39 Å². The van der Waals surface area contributed by atoms with E-state index in [1.54, 1.807) is 6.92 Å². The highest BCUT2D eigenvalue weighted by Gasteiger charge is 2.58. The van der Waals surface area contributed by atoms with E-state index in [2.05, 4.69) is 0 Å². The molecule has 1 atom stereocenters. The van der Waals surface area contributed by atoms with Crippen LogP contribution in [0.2, 0.25) is 0 Å². The molecule has 1 aromatic rings. The predicted molar refractivity (Wildman–Crippen MR) is 61.1 cm³/mol. The zero-order chi connectivity index (χ0) is 12.1. The minimum absolute atomic E-state index is 0.198. The highest BCUT2D eigenvalue weighted by molar-refractivity contribution is 5.81. The molecule has 0 N–H and O–H groups in total. The molecule has 90 valence electrons. The summed E-state index contributed by atoms with van der Waals surface area (Å²) >= 11 is 0. The number of fused-ring (bicyclic) bond motifs is 1. The Morgan fingerprint density at radius 3 is 2.35 bits per heavy atom. The van der Waals surface area contributed by atoms with Crippen molar-refractivity contribution < 1.29 is 13.9 Å². The van der Waals surface area contributed by atoms with Gasteiger partial charge in [0.2, 0.25) is 0 Å². The molecule has 1 heterocycles. The standard InChI is InChI=1S/C14H15FO2/c1-2-14(15)9-13(12(16)17-14)7-10-5-3-4-6-11(10)8-13/h3-6H,2,7-9H2,1H3. The van der Waals surface area contributed by atoms with Crippen molar-refractivity contribution in [2.45, 2.75) is 38.5 Å². The number of alkyl halides is 1. The zero-order valence-corrected chi connectivity index (χ0v) is 9.83. The van der Waals surface area contributed by atoms with Crippen LogP contribution in [0.25, 0.3) is 0 Å². The molecule has 1 unspecified atom stereocenters. The second-order valence-corrected chi connectivity index (χ2v) is 5.21. The average Bonchev–Trinajstić information content (AvgIpc) is 2.78. The fourth-order valence-electron chi connectivity index (χ4n) is 3.05. The number of carbonyl (C=O) groups excluding carboxylic acids is 1. The molecule has 1 aliphatic heterocycles. The highest BCUT2D eigenvalue weighted by Crippen LogP contribution is 2.51. The Morgan fingerprint density at radius 2 is 1.88 bits per heavy atom. The zero-order valence-electron chi connectivity index (χ0n) is 9.83. The molecule has 0 bridgehead atoms. The molecule has 1 spiro atoms. The first-order valence-corrected chi connectivity index (χ1v) is 6.06. The molecule has 1 aliphatic carbocycles. The van der Waals surface area contributed by atoms with Crippen LogP contribution in [0.15, 0.2) is 24.3 Å². The predicted octanol–water partition coefficient (Wildman–Crippen LogP) is 2.79. The summed E-state index contributed by atoms with van der Waals surface area (Å²) in [5, 5.41) is 0. The van der Waals surface area contributed by atoms with Crippen LogP contribution >= 0.6 is 0 Å². The molecular weight excluding hydrogens is 219 g/mol. The summed E-state index contributed by atoms with van der Waals surface area (Å²) in [7, 11) is 0. The summed E-state index contributed by atoms with van der Waals surface area (Å²) < 4.78 is 19.1. The second-order valence-electron chi connectivity index (χ2n) is 5.21. The van der Waals surface area contributed by atoms with Gasteiger partial charge in [-0.1, -0.05) is 31.2 Å². The van der Waals surface area contributed by atoms with Crippen LogP contribution in [0, 0.1) is 5.41 Å². The van der Waals surface area contributed by atoms with Crippen LogP contribution in [-0.2, 0) is 22.4 Å². The number of benzene rings is 1. The maximum atomic E-state index is 14.2. The van der Waals surface area contributed by atoms with Crippen LogP contribution < -0.4 is 0 Å². The lowest BCUT2D eigenvalue weighted by molar-refractivity contribution is -0.167. The van der Waals surface area contributed by atoms with Crippen LogP contribution in [-0.4, -0.2) is 11.8 Å². The first-order chi connectivity index (χ1) is 8.07. The van der Waals surface area contributed by atoms with E-state index in [0.29, 0.717) is 12.8 Å². The molecule has 1 saturated heterocycles. The van der Waals surface area contributed by atoms with Crippen molar-refractivity contribution >= 4 is 5.97 Å². The summed E-state index contributed by atoms with van der Waals surface area (Å²) in [6.45, 7) is 1.72. The smallest absolute Gasteiger partial charge is 0.315 e. The van der Waals surface area contributed by atoms with Crippen molar-refractivity contribution in [3.8, 4) is 0 Å². The second kappa shape index (κ2) is 3.31. The lowest BCUT2D eigenvalue weighted by atomic mass is 9.81. The average molecular weight is 234 g/mol. The van der Waals surface area contributed by atoms with Crippen molar-refractivity contribution in [1.29, 1.82) is 0 Å². The minimum atomic E-state index is -1.75. The number of ether oxygens (including phenoxy) is 1. The Bertz CT molecular complexity index is 458. The topological polar surface area (TPSA) is 26.3 Å². The quantitative estimate of drug-likeness (QED) is 0.698. The van der Waals surface area contributed by atoms with Gasteiger partial charge in [0.25, 0.3) is 5.85 Å². The Kier molecular flexibility index (Phi) is 2.09. The van der Waals surface area contributed by atoms with Gasteiger partial charge in [-0.3, -0.25) is 4.79 Å². The largest absolute Gasteiger partial charge is 0.428 e. The van der Waals surface area contributed by atoms with Crippen molar-refractivity contribution in [2.24, 2.45) is 5.41 Å². The molecule has 17 heavy (non-hydrogen) atoms. The third-order valence-electron chi connectivity index (χ3n) is 4.02. The molecule has 3 heteroatoms. The van der Waals surface area contributed by atoms with Crippen LogP contribution in [0.3, 0.4) is 0 Å². The van der Waals surface area contributed by atoms with Gasteiger partial charge in [-0.05, 0) is 24.0 Å². The Balaban J connectivity index is 1.95. The van der Waals surface area contributed by atoms with E-state index < -0.39 is 11.3 Å². The number of esters is 1. The van der Waals surface area contributed by atoms with Gasteiger partial charge in [0, 0.05) is 12.8 Å². The van der Waals surface area contributed by atoms with Crippen molar-refractivity contribution in [2.75, 3.05) is 0 Å². The van der Waals surface area contributed by atoms with E-state index in [0.717, 1.165) is 11.1 Å². The molecule has 0 radical (unpaired) electrons. The summed E-state index contributed by atoms with van der Waals surface area (Å²) in [5.41, 5.74) is 1.67. The monoisotopic (exact) mass is 234 g/mol. The molecule has 2 nitrogen and oxygen atoms in total.